The molecule has 1 amide bonds. The van der Waals surface area contributed by atoms with Gasteiger partial charge in [-0.05, 0) is 12.8 Å². The van der Waals surface area contributed by atoms with Crippen LogP contribution in [0, 0.1) is 0 Å². The zero-order valence-corrected chi connectivity index (χ0v) is 7.71. The van der Waals surface area contributed by atoms with Gasteiger partial charge in [-0.25, -0.2) is 4.79 Å². The van der Waals surface area contributed by atoms with Crippen molar-refractivity contribution in [3.63, 3.8) is 0 Å². The van der Waals surface area contributed by atoms with E-state index in [1.165, 1.54) is 11.8 Å². The highest BCUT2D eigenvalue weighted by molar-refractivity contribution is 8.14. The summed E-state index contributed by atoms with van der Waals surface area (Å²) in [6, 6.07) is 0.139. The number of carbonyl (C=O) groups is 1. The fourth-order valence-electron chi connectivity index (χ4n) is 1.42. The Morgan fingerprint density at radius 2 is 2.62 bits per heavy atom. The molecule has 5 nitrogen and oxygen atoms in total. The van der Waals surface area contributed by atoms with Crippen LogP contribution in [0.1, 0.15) is 12.8 Å². The van der Waals surface area contributed by atoms with Crippen molar-refractivity contribution in [2.75, 3.05) is 6.61 Å². The molecule has 72 valence electrons. The van der Waals surface area contributed by atoms with Crippen LogP contribution in [-0.2, 0) is 4.74 Å². The summed E-state index contributed by atoms with van der Waals surface area (Å²) in [5.74, 6) is 0. The molecular formula is C7H10N2O3S. The zero-order chi connectivity index (χ0) is 9.26. The Morgan fingerprint density at radius 3 is 3.31 bits per heavy atom. The van der Waals surface area contributed by atoms with E-state index in [4.69, 9.17) is 9.84 Å². The molecule has 0 radical (unpaired) electrons. The number of ether oxygens (including phenoxy) is 1. The van der Waals surface area contributed by atoms with Gasteiger partial charge >= 0.3 is 6.09 Å². The van der Waals surface area contributed by atoms with E-state index in [1.807, 2.05) is 0 Å². The Hall–Kier alpha value is -0.750. The van der Waals surface area contributed by atoms with Crippen molar-refractivity contribution in [3.05, 3.63) is 0 Å². The summed E-state index contributed by atoms with van der Waals surface area (Å²) in [5.41, 5.74) is 0.0237. The van der Waals surface area contributed by atoms with Crippen LogP contribution in [0.15, 0.2) is 4.99 Å². The second-order valence-electron chi connectivity index (χ2n) is 2.93. The SMILES string of the molecule is O=C(O)NC1=NC2CCCOC2S1. The number of thioether (sulfide) groups is 1. The normalized spacial score (nSPS) is 32.2. The third-order valence-electron chi connectivity index (χ3n) is 1.97. The summed E-state index contributed by atoms with van der Waals surface area (Å²) in [7, 11) is 0. The molecule has 13 heavy (non-hydrogen) atoms. The fourth-order valence-corrected chi connectivity index (χ4v) is 2.50. The van der Waals surface area contributed by atoms with Crippen LogP contribution in [0.5, 0.6) is 0 Å². The maximum absolute atomic E-state index is 10.3. The van der Waals surface area contributed by atoms with Crippen LogP contribution in [0.25, 0.3) is 0 Å². The standard InChI is InChI=1S/C7H10N2O3S/c10-7(11)9-6-8-4-2-1-3-12-5(4)13-6/h4-5H,1-3H2,(H,8,9)(H,10,11). The van der Waals surface area contributed by atoms with Gasteiger partial charge in [0.2, 0.25) is 0 Å². The molecule has 6 heteroatoms. The lowest BCUT2D eigenvalue weighted by Crippen LogP contribution is -2.27. The van der Waals surface area contributed by atoms with Gasteiger partial charge in [0.05, 0.1) is 6.04 Å². The Bertz CT molecular complexity index is 256. The fraction of sp³-hybridized carbons (Fsp3) is 0.714. The number of hydrogen-bond acceptors (Lipinski definition) is 4. The molecule has 2 atom stereocenters. The molecular weight excluding hydrogens is 192 g/mol. The van der Waals surface area contributed by atoms with Crippen molar-refractivity contribution in [2.45, 2.75) is 24.3 Å². The predicted octanol–water partition coefficient (Wildman–Crippen LogP) is 0.862. The third kappa shape index (κ3) is 1.94. The molecule has 2 aliphatic rings. The number of amidine groups is 1. The first-order valence-corrected chi connectivity index (χ1v) is 4.99. The van der Waals surface area contributed by atoms with Crippen molar-refractivity contribution in [1.29, 1.82) is 0 Å². The second kappa shape index (κ2) is 3.55. The molecule has 2 aliphatic heterocycles. The Kier molecular flexibility index (Phi) is 2.41. The van der Waals surface area contributed by atoms with Gasteiger partial charge in [-0.15, -0.1) is 0 Å². The van der Waals surface area contributed by atoms with E-state index in [-0.39, 0.29) is 11.5 Å². The van der Waals surface area contributed by atoms with Crippen molar-refractivity contribution >= 4 is 23.0 Å². The number of nitrogens with one attached hydrogen (secondary N) is 1. The minimum Gasteiger partial charge on any atom is -0.465 e. The number of rotatable bonds is 0. The first-order valence-electron chi connectivity index (χ1n) is 4.12. The smallest absolute Gasteiger partial charge is 0.410 e. The molecule has 2 heterocycles. The molecule has 0 spiro atoms. The molecule has 2 N–H and O–H groups in total. The van der Waals surface area contributed by atoms with Crippen molar-refractivity contribution in [2.24, 2.45) is 4.99 Å². The van der Waals surface area contributed by atoms with Crippen LogP contribution in [-0.4, -0.2) is 34.5 Å². The first-order chi connectivity index (χ1) is 6.25. The summed E-state index contributed by atoms with van der Waals surface area (Å²) in [6.45, 7) is 0.754. The lowest BCUT2D eigenvalue weighted by molar-refractivity contribution is 0.0614. The van der Waals surface area contributed by atoms with Crippen LogP contribution >= 0.6 is 11.8 Å². The van der Waals surface area contributed by atoms with Crippen LogP contribution in [0.2, 0.25) is 0 Å². The highest BCUT2D eigenvalue weighted by Gasteiger charge is 2.33. The van der Waals surface area contributed by atoms with Crippen molar-refractivity contribution in [1.82, 2.24) is 5.32 Å². The van der Waals surface area contributed by atoms with Gasteiger partial charge in [-0.3, -0.25) is 10.3 Å². The maximum Gasteiger partial charge on any atom is 0.410 e. The number of fused-ring (bicyclic) bond motifs is 1. The molecule has 0 saturated carbocycles. The summed E-state index contributed by atoms with van der Waals surface area (Å²) in [5, 5.41) is 11.2. The van der Waals surface area contributed by atoms with E-state index in [0.29, 0.717) is 5.17 Å². The maximum atomic E-state index is 10.3. The number of carboxylic acid groups (broad SMARTS) is 1. The predicted molar refractivity (Wildman–Crippen MR) is 48.9 cm³/mol. The lowest BCUT2D eigenvalue weighted by Gasteiger charge is -2.22. The average molecular weight is 202 g/mol. The van der Waals surface area contributed by atoms with E-state index in [2.05, 4.69) is 10.3 Å². The number of amides is 1. The van der Waals surface area contributed by atoms with E-state index in [0.717, 1.165) is 19.4 Å². The van der Waals surface area contributed by atoms with Gasteiger partial charge in [0.15, 0.2) is 5.17 Å². The second-order valence-corrected chi connectivity index (χ2v) is 4.02. The lowest BCUT2D eigenvalue weighted by atomic mass is 10.1. The highest BCUT2D eigenvalue weighted by atomic mass is 32.2. The molecule has 2 rings (SSSR count). The molecule has 0 aromatic heterocycles. The zero-order valence-electron chi connectivity index (χ0n) is 6.90. The molecule has 2 unspecified atom stereocenters. The third-order valence-corrected chi connectivity index (χ3v) is 3.08. The molecule has 0 aromatic rings. The van der Waals surface area contributed by atoms with Gasteiger partial charge in [0.1, 0.15) is 5.44 Å². The monoisotopic (exact) mass is 202 g/mol. The Labute approximate surface area is 79.6 Å². The van der Waals surface area contributed by atoms with E-state index < -0.39 is 6.09 Å². The van der Waals surface area contributed by atoms with Crippen molar-refractivity contribution < 1.29 is 14.6 Å². The minimum atomic E-state index is -1.06. The number of hydrogen-bond donors (Lipinski definition) is 2. The summed E-state index contributed by atoms with van der Waals surface area (Å²) >= 11 is 1.36. The minimum absolute atomic E-state index is 0.0237. The molecule has 1 saturated heterocycles. The molecule has 0 aliphatic carbocycles. The summed E-state index contributed by atoms with van der Waals surface area (Å²) in [4.78, 5) is 14.5. The molecule has 0 bridgehead atoms. The summed E-state index contributed by atoms with van der Waals surface area (Å²) < 4.78 is 5.43. The topological polar surface area (TPSA) is 70.9 Å². The van der Waals surface area contributed by atoms with Gasteiger partial charge in [0, 0.05) is 6.61 Å². The van der Waals surface area contributed by atoms with Crippen LogP contribution < -0.4 is 5.32 Å². The quantitative estimate of drug-likeness (QED) is 0.611. The largest absolute Gasteiger partial charge is 0.465 e. The van der Waals surface area contributed by atoms with Crippen LogP contribution in [0.3, 0.4) is 0 Å². The molecule has 1 fully saturated rings. The van der Waals surface area contributed by atoms with Gasteiger partial charge < -0.3 is 9.84 Å². The van der Waals surface area contributed by atoms with E-state index in [9.17, 15) is 4.79 Å². The Balaban J connectivity index is 1.97. The van der Waals surface area contributed by atoms with E-state index in [1.54, 1.807) is 0 Å². The highest BCUT2D eigenvalue weighted by Crippen LogP contribution is 2.32. The first kappa shape index (κ1) is 8.83. The van der Waals surface area contributed by atoms with E-state index >= 15 is 0 Å². The van der Waals surface area contributed by atoms with Crippen LogP contribution in [0.4, 0.5) is 4.79 Å². The van der Waals surface area contributed by atoms with Gasteiger partial charge in [-0.2, -0.15) is 0 Å². The van der Waals surface area contributed by atoms with Crippen molar-refractivity contribution in [3.8, 4) is 0 Å². The molecule has 0 aromatic carbocycles. The van der Waals surface area contributed by atoms with Gasteiger partial charge in [0.25, 0.3) is 0 Å². The van der Waals surface area contributed by atoms with Gasteiger partial charge in [-0.1, -0.05) is 11.8 Å². The average Bonchev–Trinajstić information content (AvgIpc) is 2.44. The number of nitrogens with zero attached hydrogens (tertiary/aromatic N) is 1. The Morgan fingerprint density at radius 1 is 1.77 bits per heavy atom. The number of aliphatic imine (C=N–C) groups is 1. The summed E-state index contributed by atoms with van der Waals surface area (Å²) in [6.07, 6.45) is 0.929.